The van der Waals surface area contributed by atoms with Crippen molar-refractivity contribution >= 4 is 11.3 Å². The van der Waals surface area contributed by atoms with Crippen LogP contribution in [0.3, 0.4) is 0 Å². The Bertz CT molecular complexity index is 1200. The van der Waals surface area contributed by atoms with Crippen LogP contribution >= 0.6 is 0 Å². The zero-order valence-electron chi connectivity index (χ0n) is 16.3. The van der Waals surface area contributed by atoms with Crippen molar-refractivity contribution in [1.82, 2.24) is 35.1 Å². The normalized spacial score (nSPS) is 15.2. The van der Waals surface area contributed by atoms with E-state index in [0.29, 0.717) is 23.0 Å². The number of aryl methyl sites for hydroxylation is 1. The molecule has 4 aromatic rings. The van der Waals surface area contributed by atoms with Crippen LogP contribution in [-0.4, -0.2) is 35.1 Å². The van der Waals surface area contributed by atoms with Crippen LogP contribution in [0.2, 0.25) is 0 Å². The van der Waals surface area contributed by atoms with Gasteiger partial charge in [-0.2, -0.15) is 5.10 Å². The highest BCUT2D eigenvalue weighted by molar-refractivity contribution is 5.73. The Morgan fingerprint density at radius 1 is 0.931 bits per heavy atom. The minimum absolute atomic E-state index is 0.281. The molecule has 3 heterocycles. The van der Waals surface area contributed by atoms with Crippen molar-refractivity contribution < 1.29 is 0 Å². The maximum Gasteiger partial charge on any atom is 0.326 e. The molecule has 1 fully saturated rings. The van der Waals surface area contributed by atoms with Gasteiger partial charge in [-0.1, -0.05) is 56.4 Å². The average molecular weight is 389 g/mol. The van der Waals surface area contributed by atoms with E-state index in [-0.39, 0.29) is 5.69 Å². The standard InChI is InChI=1S/C21H23N7O/c1-12-22-18(28-27-12)15-9-7-14(8-10-15)17-16(11-13-5-3-2-4-6-13)23-19-20(24-17)26-21(29)25-19/h7-10,13H,2-6,11H2,1H3,(H,22,27,28)(H2,23,24,25,26,29). The number of fused-ring (bicyclic) bond motifs is 1. The number of nitrogens with one attached hydrogen (secondary N) is 3. The van der Waals surface area contributed by atoms with E-state index in [9.17, 15) is 4.79 Å². The molecular weight excluding hydrogens is 366 g/mol. The van der Waals surface area contributed by atoms with Crippen molar-refractivity contribution in [3.8, 4) is 22.6 Å². The fourth-order valence-corrected chi connectivity index (χ4v) is 4.18. The van der Waals surface area contributed by atoms with E-state index in [4.69, 9.17) is 9.97 Å². The first-order chi connectivity index (χ1) is 14.2. The topological polar surface area (TPSA) is 116 Å². The molecule has 0 atom stereocenters. The number of benzene rings is 1. The average Bonchev–Trinajstić information content (AvgIpc) is 3.32. The Hall–Kier alpha value is -3.29. The van der Waals surface area contributed by atoms with Gasteiger partial charge in [-0.15, -0.1) is 0 Å². The Balaban J connectivity index is 1.54. The lowest BCUT2D eigenvalue weighted by Gasteiger charge is -2.22. The van der Waals surface area contributed by atoms with E-state index in [0.717, 1.165) is 34.8 Å². The molecule has 29 heavy (non-hydrogen) atoms. The molecule has 1 saturated carbocycles. The number of aromatic amines is 3. The highest BCUT2D eigenvalue weighted by Crippen LogP contribution is 2.31. The molecule has 0 radical (unpaired) electrons. The molecule has 0 saturated heterocycles. The summed E-state index contributed by atoms with van der Waals surface area (Å²) in [6, 6.07) is 8.03. The Labute approximate surface area is 167 Å². The number of imidazole rings is 1. The van der Waals surface area contributed by atoms with E-state index >= 15 is 0 Å². The van der Waals surface area contributed by atoms with Gasteiger partial charge in [0.05, 0.1) is 11.4 Å². The Morgan fingerprint density at radius 3 is 2.31 bits per heavy atom. The van der Waals surface area contributed by atoms with E-state index in [1.165, 1.54) is 32.1 Å². The van der Waals surface area contributed by atoms with Gasteiger partial charge in [0, 0.05) is 11.1 Å². The molecule has 148 valence electrons. The minimum Gasteiger partial charge on any atom is -0.289 e. The Kier molecular flexibility index (Phi) is 4.46. The fourth-order valence-electron chi connectivity index (χ4n) is 4.18. The van der Waals surface area contributed by atoms with Gasteiger partial charge in [0.15, 0.2) is 17.1 Å². The molecule has 1 aliphatic carbocycles. The van der Waals surface area contributed by atoms with Crippen molar-refractivity contribution in [2.45, 2.75) is 45.4 Å². The smallest absolute Gasteiger partial charge is 0.289 e. The monoisotopic (exact) mass is 389 g/mol. The summed E-state index contributed by atoms with van der Waals surface area (Å²) in [5.74, 6) is 2.08. The lowest BCUT2D eigenvalue weighted by molar-refractivity contribution is 0.354. The van der Waals surface area contributed by atoms with Crippen LogP contribution < -0.4 is 5.69 Å². The fraction of sp³-hybridized carbons (Fsp3) is 0.381. The van der Waals surface area contributed by atoms with Gasteiger partial charge in [0.25, 0.3) is 0 Å². The van der Waals surface area contributed by atoms with E-state index in [2.05, 4.69) is 25.1 Å². The molecule has 1 aromatic carbocycles. The first kappa shape index (κ1) is 17.8. The van der Waals surface area contributed by atoms with Crippen LogP contribution in [0.1, 0.15) is 43.6 Å². The molecule has 0 bridgehead atoms. The van der Waals surface area contributed by atoms with Crippen molar-refractivity contribution in [2.75, 3.05) is 0 Å². The van der Waals surface area contributed by atoms with Crippen LogP contribution in [0.15, 0.2) is 29.1 Å². The summed E-state index contributed by atoms with van der Waals surface area (Å²) in [6.45, 7) is 1.88. The van der Waals surface area contributed by atoms with Gasteiger partial charge in [-0.3, -0.25) is 15.1 Å². The van der Waals surface area contributed by atoms with Crippen LogP contribution in [0.25, 0.3) is 33.9 Å². The predicted molar refractivity (Wildman–Crippen MR) is 110 cm³/mol. The van der Waals surface area contributed by atoms with Gasteiger partial charge in [-0.05, 0) is 19.3 Å². The highest BCUT2D eigenvalue weighted by atomic mass is 16.1. The number of hydrogen-bond acceptors (Lipinski definition) is 5. The summed E-state index contributed by atoms with van der Waals surface area (Å²) in [5, 5.41) is 7.09. The molecule has 0 aliphatic heterocycles. The van der Waals surface area contributed by atoms with Crippen molar-refractivity contribution in [1.29, 1.82) is 0 Å². The predicted octanol–water partition coefficient (Wildman–Crippen LogP) is 3.53. The van der Waals surface area contributed by atoms with Gasteiger partial charge in [0.2, 0.25) is 0 Å². The number of H-pyrrole nitrogens is 3. The van der Waals surface area contributed by atoms with E-state index < -0.39 is 0 Å². The minimum atomic E-state index is -0.281. The van der Waals surface area contributed by atoms with Crippen molar-refractivity contribution in [2.24, 2.45) is 5.92 Å². The summed E-state index contributed by atoms with van der Waals surface area (Å²) < 4.78 is 0. The second-order valence-electron chi connectivity index (χ2n) is 7.83. The largest absolute Gasteiger partial charge is 0.326 e. The summed E-state index contributed by atoms with van der Waals surface area (Å²) in [6.07, 6.45) is 7.22. The van der Waals surface area contributed by atoms with E-state index in [1.54, 1.807) is 0 Å². The van der Waals surface area contributed by atoms with Crippen LogP contribution in [0.4, 0.5) is 0 Å². The summed E-state index contributed by atoms with van der Waals surface area (Å²) in [7, 11) is 0. The van der Waals surface area contributed by atoms with Gasteiger partial charge < -0.3 is 0 Å². The lowest BCUT2D eigenvalue weighted by Crippen LogP contribution is -2.12. The summed E-state index contributed by atoms with van der Waals surface area (Å²) in [4.78, 5) is 31.1. The van der Waals surface area contributed by atoms with Gasteiger partial charge in [-0.25, -0.2) is 19.7 Å². The third-order valence-electron chi connectivity index (χ3n) is 5.65. The molecule has 0 spiro atoms. The molecule has 8 nitrogen and oxygen atoms in total. The summed E-state index contributed by atoms with van der Waals surface area (Å²) in [5.41, 5.74) is 4.43. The molecule has 8 heteroatoms. The molecule has 1 aliphatic rings. The van der Waals surface area contributed by atoms with E-state index in [1.807, 2.05) is 31.2 Å². The summed E-state index contributed by atoms with van der Waals surface area (Å²) >= 11 is 0. The molecule has 0 unspecified atom stereocenters. The molecular formula is C21H23N7O. The molecule has 3 N–H and O–H groups in total. The van der Waals surface area contributed by atoms with Gasteiger partial charge >= 0.3 is 5.69 Å². The quantitative estimate of drug-likeness (QED) is 0.494. The van der Waals surface area contributed by atoms with Crippen molar-refractivity contribution in [3.05, 3.63) is 46.3 Å². The van der Waals surface area contributed by atoms with Crippen LogP contribution in [0, 0.1) is 12.8 Å². The maximum atomic E-state index is 11.7. The first-order valence-electron chi connectivity index (χ1n) is 10.1. The third kappa shape index (κ3) is 3.57. The third-order valence-corrected chi connectivity index (χ3v) is 5.65. The zero-order chi connectivity index (χ0) is 19.8. The van der Waals surface area contributed by atoms with Crippen LogP contribution in [-0.2, 0) is 6.42 Å². The number of hydrogen-bond donors (Lipinski definition) is 3. The Morgan fingerprint density at radius 2 is 1.62 bits per heavy atom. The maximum absolute atomic E-state index is 11.7. The van der Waals surface area contributed by atoms with Crippen LogP contribution in [0.5, 0.6) is 0 Å². The lowest BCUT2D eigenvalue weighted by atomic mass is 9.85. The molecule has 5 rings (SSSR count). The first-order valence-corrected chi connectivity index (χ1v) is 10.1. The number of nitrogens with zero attached hydrogens (tertiary/aromatic N) is 4. The number of rotatable bonds is 4. The molecule has 3 aromatic heterocycles. The zero-order valence-corrected chi connectivity index (χ0v) is 16.3. The molecule has 0 amide bonds. The highest BCUT2D eigenvalue weighted by Gasteiger charge is 2.20. The second kappa shape index (κ2) is 7.27. The number of aromatic nitrogens is 7. The second-order valence-corrected chi connectivity index (χ2v) is 7.83. The van der Waals surface area contributed by atoms with Crippen molar-refractivity contribution in [3.63, 3.8) is 0 Å². The van der Waals surface area contributed by atoms with Gasteiger partial charge in [0.1, 0.15) is 5.82 Å². The SMILES string of the molecule is Cc1nc(-c2ccc(-c3nc4[nH]c(=O)[nH]c4nc3CC3CCCCC3)cc2)n[nH]1.